The smallest absolute Gasteiger partial charge is 0.234 e. The van der Waals surface area contributed by atoms with E-state index in [0.717, 1.165) is 36.7 Å². The second-order valence-corrected chi connectivity index (χ2v) is 9.39. The summed E-state index contributed by atoms with van der Waals surface area (Å²) < 4.78 is 7.42. The van der Waals surface area contributed by atoms with Crippen LogP contribution >= 0.6 is 23.4 Å². The van der Waals surface area contributed by atoms with Crippen molar-refractivity contribution < 1.29 is 9.53 Å². The lowest BCUT2D eigenvalue weighted by molar-refractivity contribution is -0.113. The Hall–Kier alpha value is -2.55. The van der Waals surface area contributed by atoms with Gasteiger partial charge in [-0.1, -0.05) is 48.0 Å². The van der Waals surface area contributed by atoms with Crippen LogP contribution in [0.4, 0.5) is 5.69 Å². The standard InChI is InChI=1S/C24H28ClN5O2S/c1-17-13-20(21(32-2)14-19(17)25)26-23(31)16-33-24-28-27-22(15-29-11-7-4-8-12-29)30(24)18-9-5-3-6-10-18/h3,5-6,9-10,13-14H,4,7-8,11-12,15-16H2,1-2H3,(H,26,31). The topological polar surface area (TPSA) is 72.3 Å². The Morgan fingerprint density at radius 2 is 1.91 bits per heavy atom. The third-order valence-corrected chi connectivity index (χ3v) is 6.95. The molecule has 1 aliphatic rings. The summed E-state index contributed by atoms with van der Waals surface area (Å²) in [5, 5.41) is 13.1. The highest BCUT2D eigenvalue weighted by atomic mass is 35.5. The number of hydrogen-bond acceptors (Lipinski definition) is 6. The number of aromatic nitrogens is 3. The fraction of sp³-hybridized carbons (Fsp3) is 0.375. The number of benzene rings is 2. The van der Waals surface area contributed by atoms with Gasteiger partial charge in [0.05, 0.1) is 25.1 Å². The molecule has 1 amide bonds. The average molecular weight is 486 g/mol. The van der Waals surface area contributed by atoms with Crippen molar-refractivity contribution in [1.29, 1.82) is 0 Å². The first kappa shape index (κ1) is 23.6. The van der Waals surface area contributed by atoms with Gasteiger partial charge in [0, 0.05) is 16.8 Å². The molecule has 1 aliphatic heterocycles. The molecule has 2 heterocycles. The zero-order valence-corrected chi connectivity index (χ0v) is 20.5. The van der Waals surface area contributed by atoms with E-state index >= 15 is 0 Å². The Kier molecular flexibility index (Phi) is 7.90. The Bertz CT molecular complexity index is 1100. The van der Waals surface area contributed by atoms with Crippen molar-refractivity contribution in [2.75, 3.05) is 31.3 Å². The lowest BCUT2D eigenvalue weighted by Gasteiger charge is -2.26. The molecule has 0 atom stereocenters. The predicted octanol–water partition coefficient (Wildman–Crippen LogP) is 4.95. The minimum atomic E-state index is -0.153. The largest absolute Gasteiger partial charge is 0.495 e. The van der Waals surface area contributed by atoms with Gasteiger partial charge in [-0.15, -0.1) is 10.2 Å². The van der Waals surface area contributed by atoms with E-state index in [2.05, 4.69) is 25.0 Å². The van der Waals surface area contributed by atoms with Crippen molar-refractivity contribution in [2.24, 2.45) is 0 Å². The van der Waals surface area contributed by atoms with Crippen molar-refractivity contribution in [2.45, 2.75) is 37.9 Å². The van der Waals surface area contributed by atoms with E-state index in [1.54, 1.807) is 13.2 Å². The van der Waals surface area contributed by atoms with Crippen LogP contribution in [0.3, 0.4) is 0 Å². The van der Waals surface area contributed by atoms with Gasteiger partial charge >= 0.3 is 0 Å². The van der Waals surface area contributed by atoms with Crippen molar-refractivity contribution in [1.82, 2.24) is 19.7 Å². The lowest BCUT2D eigenvalue weighted by atomic mass is 10.1. The molecule has 7 nitrogen and oxygen atoms in total. The summed E-state index contributed by atoms with van der Waals surface area (Å²) in [5.74, 6) is 1.46. The number of carbonyl (C=O) groups excluding carboxylic acids is 1. The van der Waals surface area contributed by atoms with Crippen molar-refractivity contribution in [3.8, 4) is 11.4 Å². The van der Waals surface area contributed by atoms with E-state index in [0.29, 0.717) is 21.6 Å². The highest BCUT2D eigenvalue weighted by Crippen LogP contribution is 2.31. The summed E-state index contributed by atoms with van der Waals surface area (Å²) in [6.45, 7) is 4.79. The number of amides is 1. The van der Waals surface area contributed by atoms with Gasteiger partial charge in [0.15, 0.2) is 11.0 Å². The summed E-state index contributed by atoms with van der Waals surface area (Å²) in [7, 11) is 1.55. The molecule has 4 rings (SSSR count). The van der Waals surface area contributed by atoms with E-state index in [1.165, 1.54) is 31.0 Å². The van der Waals surface area contributed by atoms with Crippen LogP contribution in [0.5, 0.6) is 5.75 Å². The van der Waals surface area contributed by atoms with Crippen LogP contribution in [-0.2, 0) is 11.3 Å². The van der Waals surface area contributed by atoms with Crippen molar-refractivity contribution in [3.63, 3.8) is 0 Å². The number of para-hydroxylation sites is 1. The zero-order chi connectivity index (χ0) is 23.2. The Morgan fingerprint density at radius 3 is 2.64 bits per heavy atom. The van der Waals surface area contributed by atoms with Crippen LogP contribution in [0.15, 0.2) is 47.6 Å². The Balaban J connectivity index is 1.50. The van der Waals surface area contributed by atoms with Crippen LogP contribution in [0.1, 0.15) is 30.7 Å². The maximum Gasteiger partial charge on any atom is 0.234 e. The number of nitrogens with one attached hydrogen (secondary N) is 1. The number of likely N-dealkylation sites (tertiary alicyclic amines) is 1. The fourth-order valence-corrected chi connectivity index (χ4v) is 4.82. The first-order valence-corrected chi connectivity index (χ1v) is 12.4. The fourth-order valence-electron chi connectivity index (χ4n) is 3.90. The molecule has 0 bridgehead atoms. The second kappa shape index (κ2) is 11.0. The van der Waals surface area contributed by atoms with Crippen LogP contribution in [-0.4, -0.2) is 51.5 Å². The van der Waals surface area contributed by atoms with Gasteiger partial charge in [-0.2, -0.15) is 0 Å². The Morgan fingerprint density at radius 1 is 1.15 bits per heavy atom. The molecule has 9 heteroatoms. The van der Waals surface area contributed by atoms with E-state index in [4.69, 9.17) is 16.3 Å². The normalized spacial score (nSPS) is 14.3. The van der Waals surface area contributed by atoms with Crippen molar-refractivity contribution in [3.05, 3.63) is 58.9 Å². The number of piperidine rings is 1. The molecule has 0 saturated carbocycles. The summed E-state index contributed by atoms with van der Waals surface area (Å²) in [4.78, 5) is 15.2. The predicted molar refractivity (Wildman–Crippen MR) is 133 cm³/mol. The van der Waals surface area contributed by atoms with Gasteiger partial charge in [0.25, 0.3) is 0 Å². The first-order chi connectivity index (χ1) is 16.0. The molecule has 0 radical (unpaired) electrons. The molecule has 1 N–H and O–H groups in total. The number of halogens is 1. The van der Waals surface area contributed by atoms with Crippen LogP contribution in [0, 0.1) is 6.92 Å². The molecule has 33 heavy (non-hydrogen) atoms. The number of methoxy groups -OCH3 is 1. The summed E-state index contributed by atoms with van der Waals surface area (Å²) >= 11 is 7.54. The molecule has 174 valence electrons. The molecular weight excluding hydrogens is 458 g/mol. The third-order valence-electron chi connectivity index (χ3n) is 5.62. The summed E-state index contributed by atoms with van der Waals surface area (Å²) in [6, 6.07) is 13.6. The molecule has 2 aromatic carbocycles. The molecule has 1 saturated heterocycles. The number of ether oxygens (including phenoxy) is 1. The van der Waals surface area contributed by atoms with Gasteiger partial charge in [0.1, 0.15) is 5.75 Å². The second-order valence-electron chi connectivity index (χ2n) is 8.05. The SMILES string of the molecule is COc1cc(Cl)c(C)cc1NC(=O)CSc1nnc(CN2CCCCC2)n1-c1ccccc1. The van der Waals surface area contributed by atoms with Crippen molar-refractivity contribution >= 4 is 35.0 Å². The van der Waals surface area contributed by atoms with Gasteiger partial charge in [-0.25, -0.2) is 0 Å². The Labute approximate surface area is 203 Å². The van der Waals surface area contributed by atoms with Gasteiger partial charge < -0.3 is 10.1 Å². The molecule has 1 fully saturated rings. The number of rotatable bonds is 8. The number of hydrogen-bond donors (Lipinski definition) is 1. The quantitative estimate of drug-likeness (QED) is 0.455. The van der Waals surface area contributed by atoms with E-state index < -0.39 is 0 Å². The molecule has 1 aromatic heterocycles. The monoisotopic (exact) mass is 485 g/mol. The summed E-state index contributed by atoms with van der Waals surface area (Å²) in [6.07, 6.45) is 3.72. The van der Waals surface area contributed by atoms with Crippen LogP contribution in [0.25, 0.3) is 5.69 Å². The summed E-state index contributed by atoms with van der Waals surface area (Å²) in [5.41, 5.74) is 2.46. The lowest BCUT2D eigenvalue weighted by Crippen LogP contribution is -2.30. The first-order valence-electron chi connectivity index (χ1n) is 11.0. The molecule has 0 spiro atoms. The number of nitrogens with zero attached hydrogens (tertiary/aromatic N) is 4. The number of carbonyl (C=O) groups is 1. The maximum atomic E-state index is 12.7. The van der Waals surface area contributed by atoms with Gasteiger partial charge in [-0.3, -0.25) is 14.3 Å². The molecule has 0 aliphatic carbocycles. The van der Waals surface area contributed by atoms with E-state index in [9.17, 15) is 4.79 Å². The third kappa shape index (κ3) is 5.88. The molecular formula is C24H28ClN5O2S. The molecule has 3 aromatic rings. The van der Waals surface area contributed by atoms with Gasteiger partial charge in [-0.05, 0) is 56.6 Å². The average Bonchev–Trinajstić information content (AvgIpc) is 3.23. The number of anilines is 1. The van der Waals surface area contributed by atoms with Crippen LogP contribution < -0.4 is 10.1 Å². The number of thioether (sulfide) groups is 1. The minimum Gasteiger partial charge on any atom is -0.495 e. The maximum absolute atomic E-state index is 12.7. The van der Waals surface area contributed by atoms with E-state index in [1.807, 2.05) is 43.3 Å². The van der Waals surface area contributed by atoms with Crippen LogP contribution in [0.2, 0.25) is 5.02 Å². The highest BCUT2D eigenvalue weighted by Gasteiger charge is 2.20. The number of aryl methyl sites for hydroxylation is 1. The van der Waals surface area contributed by atoms with E-state index in [-0.39, 0.29) is 11.7 Å². The van der Waals surface area contributed by atoms with Gasteiger partial charge in [0.2, 0.25) is 5.91 Å². The highest BCUT2D eigenvalue weighted by molar-refractivity contribution is 7.99. The minimum absolute atomic E-state index is 0.153. The molecule has 0 unspecified atom stereocenters. The zero-order valence-electron chi connectivity index (χ0n) is 18.9.